The Morgan fingerprint density at radius 1 is 1.24 bits per heavy atom. The minimum Gasteiger partial charge on any atom is -0.471 e. The molecule has 2 aromatic carbocycles. The number of carbonyl (C=O) groups excluding carboxylic acids is 1. The predicted molar refractivity (Wildman–Crippen MR) is 93.4 cm³/mol. The van der Waals surface area contributed by atoms with Gasteiger partial charge < -0.3 is 10.1 Å². The van der Waals surface area contributed by atoms with Crippen LogP contribution < -0.4 is 10.1 Å². The first kappa shape index (κ1) is 17.0. The molecule has 0 saturated carbocycles. The molecule has 3 rings (SSSR count). The summed E-state index contributed by atoms with van der Waals surface area (Å²) in [6, 6.07) is 12.7. The molecular weight excluding hydrogens is 345 g/mol. The second-order valence-corrected chi connectivity index (χ2v) is 5.82. The molecule has 0 radical (unpaired) electrons. The number of hydrogen-bond donors (Lipinski definition) is 1. The number of carbonyl (C=O) groups is 1. The molecule has 0 atom stereocenters. The number of halogens is 2. The first-order chi connectivity index (χ1) is 12.0. The van der Waals surface area contributed by atoms with Crippen molar-refractivity contribution in [1.29, 1.82) is 0 Å². The Bertz CT molecular complexity index is 894. The van der Waals surface area contributed by atoms with E-state index in [4.69, 9.17) is 16.3 Å². The summed E-state index contributed by atoms with van der Waals surface area (Å²) in [7, 11) is 0. The number of nitrogens with one attached hydrogen (secondary N) is 1. The van der Waals surface area contributed by atoms with Crippen LogP contribution >= 0.6 is 11.6 Å². The molecule has 3 aromatic rings. The number of aromatic nitrogens is 2. The molecular formula is C18H15ClFN3O2. The van der Waals surface area contributed by atoms with Crippen molar-refractivity contribution in [3.63, 3.8) is 0 Å². The van der Waals surface area contributed by atoms with E-state index in [9.17, 15) is 9.18 Å². The maximum Gasteiger partial charge on any atom is 0.276 e. The summed E-state index contributed by atoms with van der Waals surface area (Å²) in [5.41, 5.74) is 1.39. The highest BCUT2D eigenvalue weighted by molar-refractivity contribution is 6.30. The summed E-state index contributed by atoms with van der Waals surface area (Å²) >= 11 is 5.81. The maximum absolute atomic E-state index is 13.3. The molecule has 1 heterocycles. The lowest BCUT2D eigenvalue weighted by atomic mass is 10.2. The zero-order valence-corrected chi connectivity index (χ0v) is 14.1. The van der Waals surface area contributed by atoms with Crippen LogP contribution in [0.4, 0.5) is 10.1 Å². The Kier molecular flexibility index (Phi) is 5.00. The summed E-state index contributed by atoms with van der Waals surface area (Å²) in [5, 5.41) is 7.42. The van der Waals surface area contributed by atoms with Crippen molar-refractivity contribution in [1.82, 2.24) is 9.78 Å². The number of amides is 1. The van der Waals surface area contributed by atoms with Gasteiger partial charge in [-0.3, -0.25) is 4.79 Å². The van der Waals surface area contributed by atoms with Gasteiger partial charge in [-0.1, -0.05) is 17.7 Å². The number of rotatable bonds is 5. The fraction of sp³-hybridized carbons (Fsp3) is 0.111. The van der Waals surface area contributed by atoms with Gasteiger partial charge in [-0.05, 0) is 55.0 Å². The molecule has 0 saturated heterocycles. The quantitative estimate of drug-likeness (QED) is 0.740. The highest BCUT2D eigenvalue weighted by atomic mass is 35.5. The van der Waals surface area contributed by atoms with Gasteiger partial charge in [0, 0.05) is 16.9 Å². The van der Waals surface area contributed by atoms with Crippen LogP contribution in [0.25, 0.3) is 0 Å². The van der Waals surface area contributed by atoms with E-state index < -0.39 is 11.7 Å². The Morgan fingerprint density at radius 2 is 2.00 bits per heavy atom. The normalized spacial score (nSPS) is 10.5. The molecule has 128 valence electrons. The summed E-state index contributed by atoms with van der Waals surface area (Å²) in [5.74, 6) is -0.192. The fourth-order valence-electron chi connectivity index (χ4n) is 2.14. The third-order valence-electron chi connectivity index (χ3n) is 3.50. The van der Waals surface area contributed by atoms with Gasteiger partial charge in [-0.15, -0.1) is 0 Å². The molecule has 0 aliphatic rings. The molecule has 0 aliphatic carbocycles. The van der Waals surface area contributed by atoms with Crippen LogP contribution in [-0.2, 0) is 6.73 Å². The van der Waals surface area contributed by atoms with Gasteiger partial charge in [0.15, 0.2) is 12.4 Å². The average molecular weight is 360 g/mol. The lowest BCUT2D eigenvalue weighted by Crippen LogP contribution is -2.15. The van der Waals surface area contributed by atoms with E-state index in [1.54, 1.807) is 49.5 Å². The Balaban J connectivity index is 1.63. The molecule has 7 heteroatoms. The van der Waals surface area contributed by atoms with Crippen LogP contribution in [0.5, 0.6) is 5.75 Å². The van der Waals surface area contributed by atoms with Crippen LogP contribution in [0.2, 0.25) is 5.02 Å². The highest BCUT2D eigenvalue weighted by Crippen LogP contribution is 2.17. The van der Waals surface area contributed by atoms with Crippen molar-refractivity contribution in [2.45, 2.75) is 13.7 Å². The van der Waals surface area contributed by atoms with Crippen LogP contribution in [0.1, 0.15) is 16.1 Å². The van der Waals surface area contributed by atoms with Crippen molar-refractivity contribution >= 4 is 23.2 Å². The van der Waals surface area contributed by atoms with Gasteiger partial charge in [-0.25, -0.2) is 9.07 Å². The first-order valence-electron chi connectivity index (χ1n) is 7.50. The van der Waals surface area contributed by atoms with Crippen molar-refractivity contribution in [3.05, 3.63) is 76.8 Å². The minimum atomic E-state index is -0.418. The SMILES string of the molecule is Cc1ccc(F)cc1NC(=O)c1ccn(COc2ccc(Cl)cc2)n1. The molecule has 0 spiro atoms. The van der Waals surface area contributed by atoms with Crippen LogP contribution in [0.3, 0.4) is 0 Å². The van der Waals surface area contributed by atoms with E-state index in [1.165, 1.54) is 16.8 Å². The van der Waals surface area contributed by atoms with Crippen LogP contribution in [-0.4, -0.2) is 15.7 Å². The zero-order valence-electron chi connectivity index (χ0n) is 13.4. The van der Waals surface area contributed by atoms with E-state index >= 15 is 0 Å². The third-order valence-corrected chi connectivity index (χ3v) is 3.75. The maximum atomic E-state index is 13.3. The van der Waals surface area contributed by atoms with Crippen molar-refractivity contribution in [3.8, 4) is 5.75 Å². The number of hydrogen-bond acceptors (Lipinski definition) is 3. The smallest absolute Gasteiger partial charge is 0.276 e. The Morgan fingerprint density at radius 3 is 2.76 bits per heavy atom. The number of nitrogens with zero attached hydrogens (tertiary/aromatic N) is 2. The van der Waals surface area contributed by atoms with E-state index in [2.05, 4.69) is 10.4 Å². The molecule has 5 nitrogen and oxygen atoms in total. The largest absolute Gasteiger partial charge is 0.471 e. The van der Waals surface area contributed by atoms with Gasteiger partial charge in [0.25, 0.3) is 5.91 Å². The molecule has 1 N–H and O–H groups in total. The molecule has 0 aliphatic heterocycles. The van der Waals surface area contributed by atoms with Crippen molar-refractivity contribution < 1.29 is 13.9 Å². The standard InChI is InChI=1S/C18H15ClFN3O2/c1-12-2-5-14(20)10-17(12)21-18(24)16-8-9-23(22-16)11-25-15-6-3-13(19)4-7-15/h2-10H,11H2,1H3,(H,21,24). The Hall–Kier alpha value is -2.86. The van der Waals surface area contributed by atoms with Crippen molar-refractivity contribution in [2.75, 3.05) is 5.32 Å². The number of aryl methyl sites for hydroxylation is 1. The van der Waals surface area contributed by atoms with E-state index in [0.29, 0.717) is 16.5 Å². The number of benzene rings is 2. The van der Waals surface area contributed by atoms with Gasteiger partial charge in [0.1, 0.15) is 11.6 Å². The molecule has 0 unspecified atom stereocenters. The molecule has 0 bridgehead atoms. The monoisotopic (exact) mass is 359 g/mol. The number of anilines is 1. The molecule has 25 heavy (non-hydrogen) atoms. The third kappa shape index (κ3) is 4.36. The first-order valence-corrected chi connectivity index (χ1v) is 7.88. The van der Waals surface area contributed by atoms with Gasteiger partial charge >= 0.3 is 0 Å². The fourth-order valence-corrected chi connectivity index (χ4v) is 2.27. The summed E-state index contributed by atoms with van der Waals surface area (Å²) in [4.78, 5) is 12.2. The topological polar surface area (TPSA) is 56.2 Å². The predicted octanol–water partition coefficient (Wildman–Crippen LogP) is 4.27. The van der Waals surface area contributed by atoms with Crippen LogP contribution in [0.15, 0.2) is 54.7 Å². The Labute approximate surface area is 149 Å². The van der Waals surface area contributed by atoms with Gasteiger partial charge in [0.05, 0.1) is 0 Å². The van der Waals surface area contributed by atoms with Crippen LogP contribution in [0, 0.1) is 12.7 Å². The molecule has 1 amide bonds. The van der Waals surface area contributed by atoms with Gasteiger partial charge in [-0.2, -0.15) is 5.10 Å². The summed E-state index contributed by atoms with van der Waals surface area (Å²) in [6.45, 7) is 1.93. The summed E-state index contributed by atoms with van der Waals surface area (Å²) in [6.07, 6.45) is 1.63. The second-order valence-electron chi connectivity index (χ2n) is 5.38. The number of ether oxygens (including phenoxy) is 1. The second kappa shape index (κ2) is 7.36. The highest BCUT2D eigenvalue weighted by Gasteiger charge is 2.12. The molecule has 0 fully saturated rings. The minimum absolute atomic E-state index is 0.147. The summed E-state index contributed by atoms with van der Waals surface area (Å²) < 4.78 is 20.3. The lowest BCUT2D eigenvalue weighted by Gasteiger charge is -2.07. The average Bonchev–Trinajstić information content (AvgIpc) is 3.07. The van der Waals surface area contributed by atoms with E-state index in [-0.39, 0.29) is 12.4 Å². The lowest BCUT2D eigenvalue weighted by molar-refractivity contribution is 0.102. The molecule has 1 aromatic heterocycles. The van der Waals surface area contributed by atoms with E-state index in [1.807, 2.05) is 0 Å². The van der Waals surface area contributed by atoms with E-state index in [0.717, 1.165) is 5.56 Å². The van der Waals surface area contributed by atoms with Crippen molar-refractivity contribution in [2.24, 2.45) is 0 Å². The van der Waals surface area contributed by atoms with Gasteiger partial charge in [0.2, 0.25) is 0 Å². The zero-order chi connectivity index (χ0) is 17.8.